The van der Waals surface area contributed by atoms with Gasteiger partial charge in [0.1, 0.15) is 18.6 Å². The van der Waals surface area contributed by atoms with Crippen molar-refractivity contribution in [1.29, 1.82) is 0 Å². The number of hydrogen-bond donors (Lipinski definition) is 0. The molecule has 1 aromatic carbocycles. The largest absolute Gasteiger partial charge is 0.487 e. The van der Waals surface area contributed by atoms with Gasteiger partial charge < -0.3 is 18.9 Å². The molecule has 6 nitrogen and oxygen atoms in total. The SMILES string of the molecule is C#CCOc1ccccc1OCC1SCCN1C(=O)CCn1ccnc1. The van der Waals surface area contributed by atoms with Gasteiger partial charge >= 0.3 is 0 Å². The molecule has 1 atom stereocenters. The molecule has 1 saturated heterocycles. The van der Waals surface area contributed by atoms with E-state index in [4.69, 9.17) is 15.9 Å². The van der Waals surface area contributed by atoms with Gasteiger partial charge in [0.25, 0.3) is 0 Å². The minimum Gasteiger partial charge on any atom is -0.487 e. The number of ether oxygens (including phenoxy) is 2. The number of terminal acetylenes is 1. The summed E-state index contributed by atoms with van der Waals surface area (Å²) in [4.78, 5) is 18.4. The van der Waals surface area contributed by atoms with Gasteiger partial charge in [-0.05, 0) is 12.1 Å². The van der Waals surface area contributed by atoms with Gasteiger partial charge in [-0.3, -0.25) is 4.79 Å². The molecule has 0 radical (unpaired) electrons. The van der Waals surface area contributed by atoms with E-state index in [0.717, 1.165) is 12.3 Å². The average molecular weight is 371 g/mol. The van der Waals surface area contributed by atoms with Crippen molar-refractivity contribution in [2.24, 2.45) is 0 Å². The summed E-state index contributed by atoms with van der Waals surface area (Å²) >= 11 is 1.73. The van der Waals surface area contributed by atoms with E-state index in [0.29, 0.717) is 31.1 Å². The first-order valence-corrected chi connectivity index (χ1v) is 9.47. The fourth-order valence-corrected chi connectivity index (χ4v) is 3.84. The average Bonchev–Trinajstić information content (AvgIpc) is 3.35. The molecule has 26 heavy (non-hydrogen) atoms. The standard InChI is InChI=1S/C19H21N3O3S/c1-2-12-24-16-5-3-4-6-17(16)25-14-19-22(11-13-26-19)18(23)7-9-21-10-8-20-15-21/h1,3-6,8,10,15,19H,7,9,11-14H2. The highest BCUT2D eigenvalue weighted by Gasteiger charge is 2.29. The van der Waals surface area contributed by atoms with Crippen molar-refractivity contribution in [3.63, 3.8) is 0 Å². The van der Waals surface area contributed by atoms with E-state index in [1.807, 2.05) is 39.9 Å². The first-order valence-electron chi connectivity index (χ1n) is 8.43. The number of hydrogen-bond acceptors (Lipinski definition) is 5. The number of carbonyl (C=O) groups is 1. The summed E-state index contributed by atoms with van der Waals surface area (Å²) in [5, 5.41) is 0.00553. The molecule has 1 aromatic heterocycles. The van der Waals surface area contributed by atoms with Gasteiger partial charge in [-0.2, -0.15) is 0 Å². The number of aromatic nitrogens is 2. The number of thioether (sulfide) groups is 1. The van der Waals surface area contributed by atoms with Gasteiger partial charge in [-0.25, -0.2) is 4.98 Å². The lowest BCUT2D eigenvalue weighted by molar-refractivity contribution is -0.131. The molecule has 2 aromatic rings. The van der Waals surface area contributed by atoms with Crippen LogP contribution < -0.4 is 9.47 Å². The number of nitrogens with zero attached hydrogens (tertiary/aromatic N) is 3. The van der Waals surface area contributed by atoms with E-state index in [2.05, 4.69) is 10.9 Å². The molecule has 7 heteroatoms. The summed E-state index contributed by atoms with van der Waals surface area (Å²) in [6.07, 6.45) is 11.0. The predicted octanol–water partition coefficient (Wildman–Crippen LogP) is 2.27. The molecular weight excluding hydrogens is 350 g/mol. The Hall–Kier alpha value is -2.59. The van der Waals surface area contributed by atoms with Crippen molar-refractivity contribution in [3.05, 3.63) is 43.0 Å². The highest BCUT2D eigenvalue weighted by atomic mass is 32.2. The number of amides is 1. The first-order chi connectivity index (χ1) is 12.8. The highest BCUT2D eigenvalue weighted by molar-refractivity contribution is 8.00. The van der Waals surface area contributed by atoms with E-state index in [-0.39, 0.29) is 17.9 Å². The van der Waals surface area contributed by atoms with Crippen molar-refractivity contribution in [1.82, 2.24) is 14.5 Å². The number of carbonyl (C=O) groups excluding carboxylic acids is 1. The number of imidazole rings is 1. The van der Waals surface area contributed by atoms with Gasteiger partial charge in [-0.15, -0.1) is 18.2 Å². The quantitative estimate of drug-likeness (QED) is 0.667. The van der Waals surface area contributed by atoms with Crippen LogP contribution >= 0.6 is 11.8 Å². The van der Waals surface area contributed by atoms with Crippen LogP contribution in [0.15, 0.2) is 43.0 Å². The van der Waals surface area contributed by atoms with Crippen LogP contribution in [-0.4, -0.2) is 51.2 Å². The van der Waals surface area contributed by atoms with Crippen LogP contribution in [0, 0.1) is 12.3 Å². The number of para-hydroxylation sites is 2. The number of aryl methyl sites for hydroxylation is 1. The molecule has 1 unspecified atom stereocenters. The molecular formula is C19H21N3O3S. The van der Waals surface area contributed by atoms with Crippen LogP contribution in [-0.2, 0) is 11.3 Å². The third kappa shape index (κ3) is 4.73. The maximum absolute atomic E-state index is 12.5. The van der Waals surface area contributed by atoms with E-state index in [9.17, 15) is 4.79 Å². The second-order valence-corrected chi connectivity index (χ2v) is 7.00. The number of rotatable bonds is 8. The molecule has 0 saturated carbocycles. The molecule has 1 fully saturated rings. The molecule has 0 aliphatic carbocycles. The molecule has 0 bridgehead atoms. The van der Waals surface area contributed by atoms with E-state index in [1.165, 1.54) is 0 Å². The van der Waals surface area contributed by atoms with Crippen LogP contribution in [0.3, 0.4) is 0 Å². The summed E-state index contributed by atoms with van der Waals surface area (Å²) in [6, 6.07) is 7.42. The van der Waals surface area contributed by atoms with E-state index < -0.39 is 0 Å². The zero-order valence-electron chi connectivity index (χ0n) is 14.4. The van der Waals surface area contributed by atoms with Crippen molar-refractivity contribution >= 4 is 17.7 Å². The van der Waals surface area contributed by atoms with Crippen LogP contribution in [0.2, 0.25) is 0 Å². The van der Waals surface area contributed by atoms with Gasteiger partial charge in [0.05, 0.1) is 6.33 Å². The topological polar surface area (TPSA) is 56.6 Å². The summed E-state index contributed by atoms with van der Waals surface area (Å²) in [5.74, 6) is 4.75. The Labute approximate surface area is 157 Å². The molecule has 2 heterocycles. The monoisotopic (exact) mass is 371 g/mol. The zero-order chi connectivity index (χ0) is 18.2. The maximum atomic E-state index is 12.5. The summed E-state index contributed by atoms with van der Waals surface area (Å²) < 4.78 is 13.3. The molecule has 1 aliphatic heterocycles. The third-order valence-electron chi connectivity index (χ3n) is 4.00. The Kier molecular flexibility index (Phi) is 6.45. The molecule has 1 aliphatic rings. The molecule has 0 N–H and O–H groups in total. The van der Waals surface area contributed by atoms with Crippen molar-refractivity contribution in [2.75, 3.05) is 25.5 Å². The van der Waals surface area contributed by atoms with Crippen LogP contribution in [0.25, 0.3) is 0 Å². The summed E-state index contributed by atoms with van der Waals surface area (Å²) in [7, 11) is 0. The van der Waals surface area contributed by atoms with Crippen molar-refractivity contribution in [2.45, 2.75) is 18.3 Å². The van der Waals surface area contributed by atoms with E-state index in [1.54, 1.807) is 24.3 Å². The maximum Gasteiger partial charge on any atom is 0.225 e. The second-order valence-electron chi connectivity index (χ2n) is 5.71. The first kappa shape index (κ1) is 18.2. The molecule has 3 rings (SSSR count). The van der Waals surface area contributed by atoms with Crippen LogP contribution in [0.4, 0.5) is 0 Å². The fraction of sp³-hybridized carbons (Fsp3) is 0.368. The van der Waals surface area contributed by atoms with E-state index >= 15 is 0 Å². The third-order valence-corrected chi connectivity index (χ3v) is 5.19. The lowest BCUT2D eigenvalue weighted by atomic mass is 10.3. The Morgan fingerprint density at radius 2 is 2.15 bits per heavy atom. The van der Waals surface area contributed by atoms with Crippen LogP contribution in [0.1, 0.15) is 6.42 Å². The fourth-order valence-electron chi connectivity index (χ4n) is 2.70. The van der Waals surface area contributed by atoms with Gasteiger partial charge in [-0.1, -0.05) is 18.1 Å². The van der Waals surface area contributed by atoms with Crippen LogP contribution in [0.5, 0.6) is 11.5 Å². The minimum atomic E-state index is 0.00553. The summed E-state index contributed by atoms with van der Waals surface area (Å²) in [6.45, 7) is 1.99. The van der Waals surface area contributed by atoms with Gasteiger partial charge in [0, 0.05) is 37.7 Å². The minimum absolute atomic E-state index is 0.00553. The Bertz CT molecular complexity index is 758. The van der Waals surface area contributed by atoms with Crippen molar-refractivity contribution in [3.8, 4) is 23.8 Å². The zero-order valence-corrected chi connectivity index (χ0v) is 15.2. The molecule has 0 spiro atoms. The molecule has 1 amide bonds. The van der Waals surface area contributed by atoms with Gasteiger partial charge in [0.2, 0.25) is 5.91 Å². The van der Waals surface area contributed by atoms with Crippen molar-refractivity contribution < 1.29 is 14.3 Å². The smallest absolute Gasteiger partial charge is 0.225 e. The highest BCUT2D eigenvalue weighted by Crippen LogP contribution is 2.29. The lowest BCUT2D eigenvalue weighted by Gasteiger charge is -2.24. The van der Waals surface area contributed by atoms with Gasteiger partial charge in [0.15, 0.2) is 11.5 Å². The number of benzene rings is 1. The predicted molar refractivity (Wildman–Crippen MR) is 101 cm³/mol. The normalized spacial score (nSPS) is 16.3. The lowest BCUT2D eigenvalue weighted by Crippen LogP contribution is -2.38. The molecule has 136 valence electrons. The summed E-state index contributed by atoms with van der Waals surface area (Å²) in [5.41, 5.74) is 0. The second kappa shape index (κ2) is 9.20. The Balaban J connectivity index is 1.54. The Morgan fingerprint density at radius 3 is 2.88 bits per heavy atom. The Morgan fingerprint density at radius 1 is 1.35 bits per heavy atom.